The predicted octanol–water partition coefficient (Wildman–Crippen LogP) is 3.60. The van der Waals surface area contributed by atoms with E-state index in [2.05, 4.69) is 35.8 Å². The quantitative estimate of drug-likeness (QED) is 0.802. The van der Waals surface area contributed by atoms with Crippen molar-refractivity contribution in [2.75, 3.05) is 18.0 Å². The zero-order valence-corrected chi connectivity index (χ0v) is 11.9. The van der Waals surface area contributed by atoms with E-state index in [0.717, 1.165) is 24.8 Å². The van der Waals surface area contributed by atoms with E-state index in [1.807, 2.05) is 0 Å². The molecule has 1 aliphatic rings. The normalized spacial score (nSPS) is 17.7. The SMILES string of the molecule is CCCCC1CCN(c2nc(C(C)C)no2)CC1. The number of rotatable bonds is 5. The average molecular weight is 251 g/mol. The van der Waals surface area contributed by atoms with Crippen LogP contribution in [0.2, 0.25) is 0 Å². The van der Waals surface area contributed by atoms with Crippen molar-refractivity contribution in [1.82, 2.24) is 10.1 Å². The lowest BCUT2D eigenvalue weighted by atomic mass is 9.92. The molecule has 1 aromatic rings. The van der Waals surface area contributed by atoms with Gasteiger partial charge < -0.3 is 9.42 Å². The van der Waals surface area contributed by atoms with E-state index in [0.29, 0.717) is 11.9 Å². The van der Waals surface area contributed by atoms with E-state index in [9.17, 15) is 0 Å². The minimum Gasteiger partial charge on any atom is -0.324 e. The molecule has 0 atom stereocenters. The molecule has 0 N–H and O–H groups in total. The van der Waals surface area contributed by atoms with Crippen molar-refractivity contribution in [1.29, 1.82) is 0 Å². The van der Waals surface area contributed by atoms with E-state index in [1.165, 1.54) is 32.1 Å². The van der Waals surface area contributed by atoms with Crippen molar-refractivity contribution in [3.63, 3.8) is 0 Å². The smallest absolute Gasteiger partial charge is 0.324 e. The summed E-state index contributed by atoms with van der Waals surface area (Å²) >= 11 is 0. The summed E-state index contributed by atoms with van der Waals surface area (Å²) in [6.45, 7) is 8.57. The van der Waals surface area contributed by atoms with Gasteiger partial charge in [0.1, 0.15) is 0 Å². The van der Waals surface area contributed by atoms with Gasteiger partial charge in [0.15, 0.2) is 5.82 Å². The van der Waals surface area contributed by atoms with Gasteiger partial charge in [-0.2, -0.15) is 4.98 Å². The molecule has 4 heteroatoms. The number of hydrogen-bond acceptors (Lipinski definition) is 4. The molecule has 0 spiro atoms. The molecule has 0 bridgehead atoms. The summed E-state index contributed by atoms with van der Waals surface area (Å²) in [4.78, 5) is 6.71. The third-order valence-electron chi connectivity index (χ3n) is 3.80. The first kappa shape index (κ1) is 13.4. The number of anilines is 1. The fourth-order valence-corrected chi connectivity index (χ4v) is 2.50. The highest BCUT2D eigenvalue weighted by Crippen LogP contribution is 2.26. The molecule has 2 heterocycles. The van der Waals surface area contributed by atoms with Crippen LogP contribution in [-0.4, -0.2) is 23.2 Å². The lowest BCUT2D eigenvalue weighted by Crippen LogP contribution is -2.33. The maximum Gasteiger partial charge on any atom is 0.324 e. The minimum atomic E-state index is 0.338. The van der Waals surface area contributed by atoms with Crippen molar-refractivity contribution < 1.29 is 4.52 Å². The van der Waals surface area contributed by atoms with Crippen LogP contribution in [0, 0.1) is 5.92 Å². The zero-order chi connectivity index (χ0) is 13.0. The highest BCUT2D eigenvalue weighted by atomic mass is 16.5. The topological polar surface area (TPSA) is 42.2 Å². The molecule has 1 saturated heterocycles. The largest absolute Gasteiger partial charge is 0.324 e. The van der Waals surface area contributed by atoms with Crippen LogP contribution in [0.25, 0.3) is 0 Å². The molecule has 0 amide bonds. The highest BCUT2D eigenvalue weighted by Gasteiger charge is 2.23. The number of unbranched alkanes of at least 4 members (excludes halogenated alkanes) is 1. The Balaban J connectivity index is 1.85. The van der Waals surface area contributed by atoms with Gasteiger partial charge in [-0.25, -0.2) is 0 Å². The lowest BCUT2D eigenvalue weighted by Gasteiger charge is -2.30. The number of hydrogen-bond donors (Lipinski definition) is 0. The Hall–Kier alpha value is -1.06. The molecule has 102 valence electrons. The van der Waals surface area contributed by atoms with E-state index < -0.39 is 0 Å². The Kier molecular flexibility index (Phi) is 4.61. The minimum absolute atomic E-state index is 0.338. The number of nitrogens with zero attached hydrogens (tertiary/aromatic N) is 3. The monoisotopic (exact) mass is 251 g/mol. The lowest BCUT2D eigenvalue weighted by molar-refractivity contribution is 0.343. The Morgan fingerprint density at radius 3 is 2.61 bits per heavy atom. The first-order valence-corrected chi connectivity index (χ1v) is 7.29. The van der Waals surface area contributed by atoms with Crippen molar-refractivity contribution in [2.45, 2.75) is 58.8 Å². The summed E-state index contributed by atoms with van der Waals surface area (Å²) in [6, 6.07) is 0.715. The van der Waals surface area contributed by atoms with Crippen LogP contribution in [0.15, 0.2) is 4.52 Å². The molecule has 2 rings (SSSR count). The van der Waals surface area contributed by atoms with Crippen LogP contribution in [-0.2, 0) is 0 Å². The second-order valence-corrected chi connectivity index (χ2v) is 5.66. The summed E-state index contributed by atoms with van der Waals surface area (Å²) in [5, 5.41) is 4.03. The fourth-order valence-electron chi connectivity index (χ4n) is 2.50. The second-order valence-electron chi connectivity index (χ2n) is 5.66. The summed E-state index contributed by atoms with van der Waals surface area (Å²) < 4.78 is 5.35. The van der Waals surface area contributed by atoms with E-state index >= 15 is 0 Å². The fraction of sp³-hybridized carbons (Fsp3) is 0.857. The van der Waals surface area contributed by atoms with Crippen molar-refractivity contribution >= 4 is 6.01 Å². The van der Waals surface area contributed by atoms with Crippen LogP contribution in [0.5, 0.6) is 0 Å². The standard InChI is InChI=1S/C14H25N3O/c1-4-5-6-12-7-9-17(10-8-12)14-15-13(11(2)3)16-18-14/h11-12H,4-10H2,1-3H3. The predicted molar refractivity (Wildman–Crippen MR) is 72.8 cm³/mol. The Labute approximate surface area is 110 Å². The van der Waals surface area contributed by atoms with Gasteiger partial charge in [-0.3, -0.25) is 0 Å². The zero-order valence-electron chi connectivity index (χ0n) is 11.9. The summed E-state index contributed by atoms with van der Waals surface area (Å²) in [5.74, 6) is 2.05. The Morgan fingerprint density at radius 2 is 2.06 bits per heavy atom. The van der Waals surface area contributed by atoms with Crippen LogP contribution < -0.4 is 4.90 Å². The average Bonchev–Trinajstić information content (AvgIpc) is 2.87. The van der Waals surface area contributed by atoms with Crippen LogP contribution in [0.4, 0.5) is 6.01 Å². The van der Waals surface area contributed by atoms with Crippen molar-refractivity contribution in [2.24, 2.45) is 5.92 Å². The Morgan fingerprint density at radius 1 is 1.33 bits per heavy atom. The molecule has 18 heavy (non-hydrogen) atoms. The maximum atomic E-state index is 5.35. The molecule has 0 radical (unpaired) electrons. The third kappa shape index (κ3) is 3.24. The van der Waals surface area contributed by atoms with Crippen LogP contribution in [0.3, 0.4) is 0 Å². The molecule has 0 unspecified atom stereocenters. The first-order valence-electron chi connectivity index (χ1n) is 7.29. The summed E-state index contributed by atoms with van der Waals surface area (Å²) in [5.41, 5.74) is 0. The molecule has 0 aromatic carbocycles. The van der Waals surface area contributed by atoms with Crippen LogP contribution in [0.1, 0.15) is 64.6 Å². The molecular formula is C14H25N3O. The van der Waals surface area contributed by atoms with Gasteiger partial charge in [-0.05, 0) is 18.8 Å². The maximum absolute atomic E-state index is 5.35. The number of piperidine rings is 1. The van der Waals surface area contributed by atoms with E-state index in [4.69, 9.17) is 4.52 Å². The van der Waals surface area contributed by atoms with E-state index in [1.54, 1.807) is 0 Å². The second kappa shape index (κ2) is 6.21. The molecule has 0 aliphatic carbocycles. The first-order chi connectivity index (χ1) is 8.70. The number of aromatic nitrogens is 2. The molecule has 1 fully saturated rings. The Bertz CT molecular complexity index is 354. The molecule has 1 aliphatic heterocycles. The molecule has 4 nitrogen and oxygen atoms in total. The molecule has 0 saturated carbocycles. The van der Waals surface area contributed by atoms with Gasteiger partial charge in [0.05, 0.1) is 0 Å². The van der Waals surface area contributed by atoms with Gasteiger partial charge in [-0.1, -0.05) is 45.2 Å². The summed E-state index contributed by atoms with van der Waals surface area (Å²) in [6.07, 6.45) is 6.58. The van der Waals surface area contributed by atoms with Gasteiger partial charge in [0.25, 0.3) is 0 Å². The molecule has 1 aromatic heterocycles. The van der Waals surface area contributed by atoms with Gasteiger partial charge in [0.2, 0.25) is 0 Å². The van der Waals surface area contributed by atoms with Gasteiger partial charge in [0, 0.05) is 19.0 Å². The van der Waals surface area contributed by atoms with Crippen LogP contribution >= 0.6 is 0 Å². The molecular weight excluding hydrogens is 226 g/mol. The summed E-state index contributed by atoms with van der Waals surface area (Å²) in [7, 11) is 0. The highest BCUT2D eigenvalue weighted by molar-refractivity contribution is 5.26. The van der Waals surface area contributed by atoms with Gasteiger partial charge in [-0.15, -0.1) is 0 Å². The van der Waals surface area contributed by atoms with Crippen molar-refractivity contribution in [3.8, 4) is 0 Å². The van der Waals surface area contributed by atoms with E-state index in [-0.39, 0.29) is 0 Å². The van der Waals surface area contributed by atoms with Gasteiger partial charge >= 0.3 is 6.01 Å². The van der Waals surface area contributed by atoms with Crippen molar-refractivity contribution in [3.05, 3.63) is 5.82 Å². The third-order valence-corrected chi connectivity index (χ3v) is 3.80.